The highest BCUT2D eigenvalue weighted by atomic mass is 19.1. The number of furan rings is 2. The van der Waals surface area contributed by atoms with Gasteiger partial charge in [-0.15, -0.1) is 0 Å². The summed E-state index contributed by atoms with van der Waals surface area (Å²) in [5.74, 6) is -1.90. The summed E-state index contributed by atoms with van der Waals surface area (Å²) in [4.78, 5) is 62.6. The van der Waals surface area contributed by atoms with E-state index in [9.17, 15) is 23.6 Å². The average molecular weight is 829 g/mol. The van der Waals surface area contributed by atoms with E-state index in [4.69, 9.17) is 13.6 Å². The highest BCUT2D eigenvalue weighted by molar-refractivity contribution is 5.98. The summed E-state index contributed by atoms with van der Waals surface area (Å²) in [6.45, 7) is 10.9. The smallest absolute Gasteiger partial charge is 0.288 e. The van der Waals surface area contributed by atoms with E-state index < -0.39 is 29.8 Å². The van der Waals surface area contributed by atoms with Gasteiger partial charge in [0.15, 0.2) is 23.0 Å². The molecule has 0 aliphatic carbocycles. The standard InChI is InChI=1S/C47H49FN6O7/c1-26(2)41(45(56)49-7)54-47(58)43-33(22-40(61-43)37-18-13-31(23-51-37)29-11-15-35(16-12-29)59-28(5)6)25-52-46(57)42(27(3)4)53-44(55)39-20-19-38(60-39)36-17-14-32(24-50-36)30-9-8-10-34(48)21-30/h8-24,26-28,41-42H,25H2,1-7H3,(H,49,56)(H,52,57)(H,53,55)(H,54,58)/t41-,42-/m0/s1. The van der Waals surface area contributed by atoms with Gasteiger partial charge in [0.1, 0.15) is 35.0 Å². The van der Waals surface area contributed by atoms with Crippen LogP contribution in [0.1, 0.15) is 68.2 Å². The summed E-state index contributed by atoms with van der Waals surface area (Å²) >= 11 is 0. The molecule has 0 saturated carbocycles. The van der Waals surface area contributed by atoms with Gasteiger partial charge in [-0.05, 0) is 91.4 Å². The first-order valence-corrected chi connectivity index (χ1v) is 20.0. The number of nitrogens with zero attached hydrogens (tertiary/aromatic N) is 2. The van der Waals surface area contributed by atoms with E-state index in [1.807, 2.05) is 44.2 Å². The van der Waals surface area contributed by atoms with Crippen molar-refractivity contribution in [2.75, 3.05) is 7.05 Å². The lowest BCUT2D eigenvalue weighted by atomic mass is 10.0. The minimum atomic E-state index is -0.993. The lowest BCUT2D eigenvalue weighted by molar-refractivity contribution is -0.124. The Balaban J connectivity index is 1.17. The van der Waals surface area contributed by atoms with Crippen molar-refractivity contribution >= 4 is 23.6 Å². The van der Waals surface area contributed by atoms with E-state index in [-0.39, 0.29) is 53.5 Å². The number of amides is 4. The van der Waals surface area contributed by atoms with E-state index in [0.29, 0.717) is 33.8 Å². The zero-order valence-electron chi connectivity index (χ0n) is 35.0. The highest BCUT2D eigenvalue weighted by Crippen LogP contribution is 2.29. The van der Waals surface area contributed by atoms with Crippen molar-refractivity contribution in [2.24, 2.45) is 11.8 Å². The van der Waals surface area contributed by atoms with Gasteiger partial charge in [-0.2, -0.15) is 0 Å². The molecular weight excluding hydrogens is 780 g/mol. The summed E-state index contributed by atoms with van der Waals surface area (Å²) in [5, 5.41) is 10.9. The number of rotatable bonds is 16. The zero-order chi connectivity index (χ0) is 43.8. The summed E-state index contributed by atoms with van der Waals surface area (Å²) in [7, 11) is 1.49. The summed E-state index contributed by atoms with van der Waals surface area (Å²) in [6.07, 6.45) is 3.33. The van der Waals surface area contributed by atoms with E-state index >= 15 is 0 Å². The molecule has 0 fully saturated rings. The third kappa shape index (κ3) is 10.8. The zero-order valence-corrected chi connectivity index (χ0v) is 35.0. The molecule has 2 atom stereocenters. The predicted octanol–water partition coefficient (Wildman–Crippen LogP) is 7.83. The number of hydrogen-bond acceptors (Lipinski definition) is 9. The summed E-state index contributed by atoms with van der Waals surface area (Å²) in [5.41, 5.74) is 4.38. The Morgan fingerprint density at radius 2 is 1.26 bits per heavy atom. The number of carbonyl (C=O) groups is 4. The molecule has 4 N–H and O–H groups in total. The molecule has 13 nitrogen and oxygen atoms in total. The SMILES string of the molecule is CNC(=O)[C@@H](NC(=O)c1oc(-c2ccc(-c3ccc(OC(C)C)cc3)cn2)cc1CNC(=O)[C@@H](NC(=O)c1ccc(-c2ccc(-c3cccc(F)c3)cn2)o1)C(C)C)C(C)C. The van der Waals surface area contributed by atoms with Gasteiger partial charge in [0.05, 0.1) is 6.10 Å². The quantitative estimate of drug-likeness (QED) is 0.0757. The van der Waals surface area contributed by atoms with Crippen molar-refractivity contribution in [3.8, 4) is 50.9 Å². The predicted molar refractivity (Wildman–Crippen MR) is 229 cm³/mol. The summed E-state index contributed by atoms with van der Waals surface area (Å²) < 4.78 is 31.4. The largest absolute Gasteiger partial charge is 0.491 e. The molecule has 0 aliphatic heterocycles. The maximum atomic E-state index is 13.8. The minimum Gasteiger partial charge on any atom is -0.491 e. The maximum Gasteiger partial charge on any atom is 0.288 e. The van der Waals surface area contributed by atoms with Crippen molar-refractivity contribution in [3.05, 3.63) is 126 Å². The number of pyridine rings is 2. The normalized spacial score (nSPS) is 12.2. The molecule has 14 heteroatoms. The van der Waals surface area contributed by atoms with Gasteiger partial charge in [-0.3, -0.25) is 29.1 Å². The number of halogens is 1. The molecule has 6 aromatic rings. The van der Waals surface area contributed by atoms with Crippen LogP contribution in [-0.2, 0) is 16.1 Å². The Morgan fingerprint density at radius 1 is 0.656 bits per heavy atom. The molecule has 0 spiro atoms. The Bertz CT molecular complexity index is 2470. The van der Waals surface area contributed by atoms with Gasteiger partial charge in [-0.25, -0.2) is 4.39 Å². The van der Waals surface area contributed by atoms with Crippen molar-refractivity contribution in [3.63, 3.8) is 0 Å². The van der Waals surface area contributed by atoms with Crippen LogP contribution < -0.4 is 26.0 Å². The number of carbonyl (C=O) groups excluding carboxylic acids is 4. The second-order valence-electron chi connectivity index (χ2n) is 15.4. The molecule has 4 heterocycles. The number of aromatic nitrogens is 2. The van der Waals surface area contributed by atoms with Crippen molar-refractivity contribution in [1.29, 1.82) is 0 Å². The topological polar surface area (TPSA) is 178 Å². The fraction of sp³-hybridized carbons (Fsp3) is 0.277. The summed E-state index contributed by atoms with van der Waals surface area (Å²) in [6, 6.07) is 23.8. The molecule has 316 valence electrons. The Labute approximate surface area is 353 Å². The number of ether oxygens (including phenoxy) is 1. The third-order valence-electron chi connectivity index (χ3n) is 9.77. The fourth-order valence-electron chi connectivity index (χ4n) is 6.50. The molecule has 4 amide bonds. The van der Waals surface area contributed by atoms with Gasteiger partial charge < -0.3 is 34.8 Å². The first kappa shape index (κ1) is 43.5. The van der Waals surface area contributed by atoms with Crippen LogP contribution in [0.3, 0.4) is 0 Å². The van der Waals surface area contributed by atoms with Gasteiger partial charge >= 0.3 is 0 Å². The fourth-order valence-corrected chi connectivity index (χ4v) is 6.50. The second kappa shape index (κ2) is 19.3. The molecule has 0 unspecified atom stereocenters. The first-order valence-electron chi connectivity index (χ1n) is 20.0. The Kier molecular flexibility index (Phi) is 13.8. The monoisotopic (exact) mass is 828 g/mol. The van der Waals surface area contributed by atoms with Crippen LogP contribution in [0.15, 0.2) is 112 Å². The maximum absolute atomic E-state index is 13.8. The van der Waals surface area contributed by atoms with Gasteiger partial charge in [0, 0.05) is 42.7 Å². The third-order valence-corrected chi connectivity index (χ3v) is 9.77. The lowest BCUT2D eigenvalue weighted by Gasteiger charge is -2.21. The number of hydrogen-bond donors (Lipinski definition) is 4. The van der Waals surface area contributed by atoms with Crippen LogP contribution in [0.5, 0.6) is 5.75 Å². The molecule has 0 bridgehead atoms. The molecule has 2 aromatic carbocycles. The van der Waals surface area contributed by atoms with Crippen LogP contribution in [-0.4, -0.2) is 58.8 Å². The molecule has 0 saturated heterocycles. The molecular formula is C47H49FN6O7. The van der Waals surface area contributed by atoms with Crippen LogP contribution in [0, 0.1) is 17.7 Å². The van der Waals surface area contributed by atoms with Crippen LogP contribution in [0.4, 0.5) is 4.39 Å². The minimum absolute atomic E-state index is 0.0330. The average Bonchev–Trinajstić information content (AvgIpc) is 3.92. The van der Waals surface area contributed by atoms with E-state index in [0.717, 1.165) is 16.9 Å². The molecule has 61 heavy (non-hydrogen) atoms. The Hall–Kier alpha value is -7.09. The van der Waals surface area contributed by atoms with Crippen molar-refractivity contribution in [2.45, 2.75) is 66.3 Å². The van der Waals surface area contributed by atoms with Crippen LogP contribution in [0.2, 0.25) is 0 Å². The molecule has 4 aromatic heterocycles. The number of likely N-dealkylation sites (N-methyl/N-ethyl adjacent to an activating group) is 1. The number of nitrogens with one attached hydrogen (secondary N) is 4. The van der Waals surface area contributed by atoms with Crippen LogP contribution in [0.25, 0.3) is 45.2 Å². The molecule has 6 rings (SSSR count). The highest BCUT2D eigenvalue weighted by Gasteiger charge is 2.30. The van der Waals surface area contributed by atoms with E-state index in [1.54, 1.807) is 82.6 Å². The Morgan fingerprint density at radius 3 is 1.85 bits per heavy atom. The first-order chi connectivity index (χ1) is 29.2. The van der Waals surface area contributed by atoms with Crippen molar-refractivity contribution in [1.82, 2.24) is 31.2 Å². The number of benzene rings is 2. The van der Waals surface area contributed by atoms with E-state index in [2.05, 4.69) is 31.2 Å². The second-order valence-corrected chi connectivity index (χ2v) is 15.4. The van der Waals surface area contributed by atoms with Gasteiger partial charge in [0.2, 0.25) is 11.8 Å². The van der Waals surface area contributed by atoms with Gasteiger partial charge in [0.25, 0.3) is 11.8 Å². The van der Waals surface area contributed by atoms with E-state index in [1.165, 1.54) is 25.2 Å². The molecule has 0 aliphatic rings. The van der Waals surface area contributed by atoms with Crippen LogP contribution >= 0.6 is 0 Å². The van der Waals surface area contributed by atoms with Crippen molar-refractivity contribution < 1.29 is 37.1 Å². The lowest BCUT2D eigenvalue weighted by Crippen LogP contribution is -2.50. The molecule has 0 radical (unpaired) electrons. The van der Waals surface area contributed by atoms with Gasteiger partial charge in [-0.1, -0.05) is 64.1 Å².